The molecule has 7 heteroatoms. The van der Waals surface area contributed by atoms with Crippen molar-refractivity contribution < 1.29 is 13.6 Å². The molecule has 2 heterocycles. The zero-order valence-electron chi connectivity index (χ0n) is 10.8. The van der Waals surface area contributed by atoms with Crippen LogP contribution in [0.4, 0.5) is 0 Å². The number of nitrogens with one attached hydrogen (secondary N) is 1. The summed E-state index contributed by atoms with van der Waals surface area (Å²) in [6.45, 7) is 4.48. The highest BCUT2D eigenvalue weighted by Crippen LogP contribution is 2.26. The van der Waals surface area contributed by atoms with E-state index in [0.29, 0.717) is 23.4 Å². The Morgan fingerprint density at radius 1 is 1.53 bits per heavy atom. The normalized spacial score (nSPS) is 12.3. The third-order valence-corrected chi connectivity index (χ3v) is 3.27. The lowest BCUT2D eigenvalue weighted by molar-refractivity contribution is -0.120. The molecule has 1 atom stereocenters. The summed E-state index contributed by atoms with van der Waals surface area (Å²) in [5.74, 6) is 0.792. The number of carbonyl (C=O) groups is 1. The molecule has 2 aromatic heterocycles. The Kier molecular flexibility index (Phi) is 4.62. The van der Waals surface area contributed by atoms with Gasteiger partial charge in [0.15, 0.2) is 5.76 Å². The maximum absolute atomic E-state index is 11.7. The summed E-state index contributed by atoms with van der Waals surface area (Å²) in [6, 6.07) is 3.48. The van der Waals surface area contributed by atoms with Crippen LogP contribution in [0.5, 0.6) is 0 Å². The van der Waals surface area contributed by atoms with Crippen LogP contribution < -0.4 is 5.32 Å². The molecule has 1 N–H and O–H groups in total. The van der Waals surface area contributed by atoms with Crippen LogP contribution >= 0.6 is 11.8 Å². The molecular formula is C12H15N3O3S. The third-order valence-electron chi connectivity index (χ3n) is 2.33. The van der Waals surface area contributed by atoms with Crippen LogP contribution in [0.1, 0.15) is 20.3 Å². The smallest absolute Gasteiger partial charge is 0.284 e. The summed E-state index contributed by atoms with van der Waals surface area (Å²) in [4.78, 5) is 11.7. The van der Waals surface area contributed by atoms with Gasteiger partial charge in [-0.15, -0.1) is 10.2 Å². The fraction of sp³-hybridized carbons (Fsp3) is 0.417. The summed E-state index contributed by atoms with van der Waals surface area (Å²) in [6.07, 6.45) is 2.44. The number of hydrogen-bond acceptors (Lipinski definition) is 6. The molecule has 0 aromatic carbocycles. The van der Waals surface area contributed by atoms with Crippen molar-refractivity contribution in [3.63, 3.8) is 0 Å². The molecule has 19 heavy (non-hydrogen) atoms. The van der Waals surface area contributed by atoms with E-state index in [0.717, 1.165) is 6.42 Å². The minimum atomic E-state index is -0.281. The number of furan rings is 1. The summed E-state index contributed by atoms with van der Waals surface area (Å²) >= 11 is 1.23. The molecule has 0 saturated carbocycles. The number of hydrogen-bond donors (Lipinski definition) is 1. The Bertz CT molecular complexity index is 524. The lowest BCUT2D eigenvalue weighted by atomic mass is 10.4. The second-order valence-corrected chi connectivity index (χ2v) is 5.19. The standard InChI is InChI=1S/C12H15N3O3S/c1-3-6-13-10(16)8(2)19-12-15-14-11(18-12)9-5-4-7-17-9/h4-5,7-8H,3,6H2,1-2H3,(H,13,16)/t8-/m0/s1. The van der Waals surface area contributed by atoms with Crippen LogP contribution in [-0.4, -0.2) is 27.9 Å². The molecule has 0 unspecified atom stereocenters. The molecule has 0 radical (unpaired) electrons. The number of rotatable bonds is 6. The van der Waals surface area contributed by atoms with Crippen LogP contribution in [0.25, 0.3) is 11.7 Å². The van der Waals surface area contributed by atoms with Crippen molar-refractivity contribution in [3.8, 4) is 11.7 Å². The maximum atomic E-state index is 11.7. The van der Waals surface area contributed by atoms with Gasteiger partial charge in [-0.3, -0.25) is 4.79 Å². The van der Waals surface area contributed by atoms with Gasteiger partial charge in [-0.1, -0.05) is 18.7 Å². The van der Waals surface area contributed by atoms with E-state index >= 15 is 0 Å². The Morgan fingerprint density at radius 2 is 2.37 bits per heavy atom. The van der Waals surface area contributed by atoms with Gasteiger partial charge in [0, 0.05) is 6.54 Å². The molecule has 0 saturated heterocycles. The van der Waals surface area contributed by atoms with E-state index in [-0.39, 0.29) is 11.2 Å². The first-order chi connectivity index (χ1) is 9.20. The van der Waals surface area contributed by atoms with Gasteiger partial charge >= 0.3 is 0 Å². The predicted molar refractivity (Wildman–Crippen MR) is 70.6 cm³/mol. The van der Waals surface area contributed by atoms with E-state index in [2.05, 4.69) is 15.5 Å². The first kappa shape index (κ1) is 13.7. The van der Waals surface area contributed by atoms with E-state index in [1.807, 2.05) is 6.92 Å². The molecule has 0 aliphatic heterocycles. The minimum absolute atomic E-state index is 0.0374. The fourth-order valence-corrected chi connectivity index (χ4v) is 2.06. The molecule has 2 aromatic rings. The molecule has 0 aliphatic rings. The minimum Gasteiger partial charge on any atom is -0.459 e. The second-order valence-electron chi connectivity index (χ2n) is 3.90. The summed E-state index contributed by atoms with van der Waals surface area (Å²) < 4.78 is 10.6. The molecule has 6 nitrogen and oxygen atoms in total. The molecule has 0 fully saturated rings. The number of nitrogens with zero attached hydrogens (tertiary/aromatic N) is 2. The van der Waals surface area contributed by atoms with Crippen molar-refractivity contribution in [2.24, 2.45) is 0 Å². The zero-order chi connectivity index (χ0) is 13.7. The average Bonchev–Trinajstić information content (AvgIpc) is 3.05. The van der Waals surface area contributed by atoms with Crippen molar-refractivity contribution in [1.29, 1.82) is 0 Å². The van der Waals surface area contributed by atoms with E-state index in [1.54, 1.807) is 19.1 Å². The van der Waals surface area contributed by atoms with E-state index in [1.165, 1.54) is 18.0 Å². The van der Waals surface area contributed by atoms with Gasteiger partial charge in [-0.05, 0) is 25.5 Å². The van der Waals surface area contributed by atoms with E-state index in [9.17, 15) is 4.79 Å². The van der Waals surface area contributed by atoms with Gasteiger partial charge in [-0.2, -0.15) is 0 Å². The first-order valence-electron chi connectivity index (χ1n) is 6.02. The molecule has 2 rings (SSSR count). The molecule has 0 spiro atoms. The topological polar surface area (TPSA) is 81.2 Å². The summed E-state index contributed by atoms with van der Waals surface area (Å²) in [5, 5.41) is 10.6. The monoisotopic (exact) mass is 281 g/mol. The maximum Gasteiger partial charge on any atom is 0.284 e. The lowest BCUT2D eigenvalue weighted by Crippen LogP contribution is -2.31. The number of amides is 1. The zero-order valence-corrected chi connectivity index (χ0v) is 11.6. The number of carbonyl (C=O) groups excluding carboxylic acids is 1. The van der Waals surface area contributed by atoms with Gasteiger partial charge in [0.25, 0.3) is 11.1 Å². The highest BCUT2D eigenvalue weighted by molar-refractivity contribution is 8.00. The SMILES string of the molecule is CCCNC(=O)[C@H](C)Sc1nnc(-c2ccco2)o1. The lowest BCUT2D eigenvalue weighted by Gasteiger charge is -2.08. The van der Waals surface area contributed by atoms with Crippen LogP contribution in [0.15, 0.2) is 32.5 Å². The molecular weight excluding hydrogens is 266 g/mol. The van der Waals surface area contributed by atoms with Crippen molar-refractivity contribution >= 4 is 17.7 Å². The predicted octanol–water partition coefficient (Wildman–Crippen LogP) is 2.34. The van der Waals surface area contributed by atoms with Crippen molar-refractivity contribution in [3.05, 3.63) is 18.4 Å². The fourth-order valence-electron chi connectivity index (χ4n) is 1.35. The molecule has 0 bridgehead atoms. The second kappa shape index (κ2) is 6.42. The summed E-state index contributed by atoms with van der Waals surface area (Å²) in [7, 11) is 0. The van der Waals surface area contributed by atoms with E-state index < -0.39 is 0 Å². The summed E-state index contributed by atoms with van der Waals surface area (Å²) in [5.41, 5.74) is 0. The van der Waals surface area contributed by atoms with Gasteiger partial charge < -0.3 is 14.2 Å². The third kappa shape index (κ3) is 3.60. The number of thioether (sulfide) groups is 1. The van der Waals surface area contributed by atoms with Crippen molar-refractivity contribution in [2.75, 3.05) is 6.54 Å². The highest BCUT2D eigenvalue weighted by atomic mass is 32.2. The molecule has 102 valence electrons. The quantitative estimate of drug-likeness (QED) is 0.818. The van der Waals surface area contributed by atoms with E-state index in [4.69, 9.17) is 8.83 Å². The van der Waals surface area contributed by atoms with Gasteiger partial charge in [0.1, 0.15) is 0 Å². The van der Waals surface area contributed by atoms with Crippen LogP contribution in [0.3, 0.4) is 0 Å². The Morgan fingerprint density at radius 3 is 3.05 bits per heavy atom. The van der Waals surface area contributed by atoms with Gasteiger partial charge in [0.2, 0.25) is 5.91 Å². The number of aromatic nitrogens is 2. The molecule has 0 aliphatic carbocycles. The largest absolute Gasteiger partial charge is 0.459 e. The Balaban J connectivity index is 1.94. The van der Waals surface area contributed by atoms with Crippen LogP contribution in [0.2, 0.25) is 0 Å². The van der Waals surface area contributed by atoms with Crippen molar-refractivity contribution in [2.45, 2.75) is 30.7 Å². The van der Waals surface area contributed by atoms with Crippen LogP contribution in [0, 0.1) is 0 Å². The van der Waals surface area contributed by atoms with Crippen LogP contribution in [-0.2, 0) is 4.79 Å². The Hall–Kier alpha value is -1.76. The average molecular weight is 281 g/mol. The van der Waals surface area contributed by atoms with Gasteiger partial charge in [0.05, 0.1) is 11.5 Å². The Labute approximate surface area is 115 Å². The first-order valence-corrected chi connectivity index (χ1v) is 6.90. The van der Waals surface area contributed by atoms with Gasteiger partial charge in [-0.25, -0.2) is 0 Å². The highest BCUT2D eigenvalue weighted by Gasteiger charge is 2.18. The van der Waals surface area contributed by atoms with Crippen molar-refractivity contribution in [1.82, 2.24) is 15.5 Å². The molecule has 1 amide bonds.